The van der Waals surface area contributed by atoms with E-state index in [2.05, 4.69) is 37.2 Å². The van der Waals surface area contributed by atoms with Gasteiger partial charge in [0.2, 0.25) is 0 Å². The van der Waals surface area contributed by atoms with Crippen molar-refractivity contribution in [2.45, 2.75) is 13.5 Å². The minimum absolute atomic E-state index is 0.116. The maximum absolute atomic E-state index is 12.2. The molecule has 1 aromatic heterocycles. The summed E-state index contributed by atoms with van der Waals surface area (Å²) in [6.45, 7) is 2.76. The van der Waals surface area contributed by atoms with E-state index in [-0.39, 0.29) is 5.91 Å². The number of para-hydroxylation sites is 1. The van der Waals surface area contributed by atoms with E-state index in [1.807, 2.05) is 48.0 Å². The first-order chi connectivity index (χ1) is 8.61. The zero-order chi connectivity index (χ0) is 13.1. The van der Waals surface area contributed by atoms with Crippen LogP contribution >= 0.6 is 31.9 Å². The summed E-state index contributed by atoms with van der Waals surface area (Å²) in [5.41, 5.74) is 1.41. The van der Waals surface area contributed by atoms with Crippen molar-refractivity contribution < 1.29 is 4.79 Å². The number of anilines is 1. The molecule has 0 aliphatic carbocycles. The number of carbonyl (C=O) groups excluding carboxylic acids is 1. The van der Waals surface area contributed by atoms with Crippen LogP contribution in [-0.2, 0) is 6.54 Å². The molecule has 1 aromatic carbocycles. The van der Waals surface area contributed by atoms with Crippen LogP contribution < -0.4 is 5.32 Å². The molecule has 0 atom stereocenters. The summed E-state index contributed by atoms with van der Waals surface area (Å²) >= 11 is 6.79. The van der Waals surface area contributed by atoms with E-state index in [1.54, 1.807) is 0 Å². The number of hydrogen-bond acceptors (Lipinski definition) is 1. The number of nitrogens with zero attached hydrogens (tertiary/aromatic N) is 1. The van der Waals surface area contributed by atoms with E-state index in [1.165, 1.54) is 0 Å². The minimum atomic E-state index is -0.116. The summed E-state index contributed by atoms with van der Waals surface area (Å²) in [5.74, 6) is -0.116. The molecule has 0 bridgehead atoms. The maximum Gasteiger partial charge on any atom is 0.272 e. The van der Waals surface area contributed by atoms with Gasteiger partial charge in [0.15, 0.2) is 0 Å². The number of aromatic nitrogens is 1. The number of benzene rings is 1. The SMILES string of the molecule is CCn1cc(Br)cc1C(=O)Nc1ccccc1Br. The van der Waals surface area contributed by atoms with E-state index >= 15 is 0 Å². The van der Waals surface area contributed by atoms with Crippen molar-refractivity contribution >= 4 is 43.5 Å². The highest BCUT2D eigenvalue weighted by Gasteiger charge is 2.13. The average Bonchev–Trinajstić information content (AvgIpc) is 2.73. The number of halogens is 2. The largest absolute Gasteiger partial charge is 0.343 e. The first-order valence-electron chi connectivity index (χ1n) is 5.53. The predicted octanol–water partition coefficient (Wildman–Crippen LogP) is 4.29. The Morgan fingerprint density at radius 2 is 2.06 bits per heavy atom. The van der Waals surface area contributed by atoms with Crippen LogP contribution in [0.25, 0.3) is 0 Å². The third-order valence-corrected chi connectivity index (χ3v) is 3.68. The third kappa shape index (κ3) is 2.84. The molecular weight excluding hydrogens is 360 g/mol. The number of carbonyl (C=O) groups is 1. The summed E-state index contributed by atoms with van der Waals surface area (Å²) in [6.07, 6.45) is 1.90. The molecule has 0 saturated carbocycles. The van der Waals surface area contributed by atoms with Gasteiger partial charge in [0.25, 0.3) is 5.91 Å². The molecule has 1 amide bonds. The summed E-state index contributed by atoms with van der Waals surface area (Å²) in [5, 5.41) is 2.89. The van der Waals surface area contributed by atoms with Gasteiger partial charge in [-0.05, 0) is 57.0 Å². The molecule has 0 aliphatic rings. The Kier molecular flexibility index (Phi) is 4.24. The van der Waals surface area contributed by atoms with Crippen molar-refractivity contribution in [1.82, 2.24) is 4.57 Å². The molecule has 3 nitrogen and oxygen atoms in total. The molecule has 0 fully saturated rings. The predicted molar refractivity (Wildman–Crippen MR) is 79.9 cm³/mol. The molecule has 0 saturated heterocycles. The molecule has 0 radical (unpaired) electrons. The average molecular weight is 372 g/mol. The lowest BCUT2D eigenvalue weighted by Crippen LogP contribution is -2.16. The van der Waals surface area contributed by atoms with Gasteiger partial charge < -0.3 is 9.88 Å². The highest BCUT2D eigenvalue weighted by Crippen LogP contribution is 2.23. The van der Waals surface area contributed by atoms with E-state index in [4.69, 9.17) is 0 Å². The minimum Gasteiger partial charge on any atom is -0.343 e. The van der Waals surface area contributed by atoms with Crippen LogP contribution in [0.1, 0.15) is 17.4 Å². The lowest BCUT2D eigenvalue weighted by Gasteiger charge is -2.08. The van der Waals surface area contributed by atoms with Crippen LogP contribution in [0.2, 0.25) is 0 Å². The summed E-state index contributed by atoms with van der Waals surface area (Å²) < 4.78 is 3.67. The number of aryl methyl sites for hydroxylation is 1. The summed E-state index contributed by atoms with van der Waals surface area (Å²) in [6, 6.07) is 9.36. The summed E-state index contributed by atoms with van der Waals surface area (Å²) in [7, 11) is 0. The number of rotatable bonds is 3. The number of amides is 1. The van der Waals surface area contributed by atoms with Gasteiger partial charge >= 0.3 is 0 Å². The Hall–Kier alpha value is -1.07. The van der Waals surface area contributed by atoms with Crippen LogP contribution in [0.15, 0.2) is 45.5 Å². The van der Waals surface area contributed by atoms with Gasteiger partial charge in [0.05, 0.1) is 5.69 Å². The first kappa shape index (κ1) is 13.4. The molecular formula is C13H12Br2N2O. The smallest absolute Gasteiger partial charge is 0.272 e. The number of nitrogens with one attached hydrogen (secondary N) is 1. The Labute approximate surface area is 122 Å². The zero-order valence-corrected chi connectivity index (χ0v) is 13.0. The van der Waals surface area contributed by atoms with Crippen molar-refractivity contribution in [3.05, 3.63) is 51.2 Å². The molecule has 0 unspecified atom stereocenters. The fourth-order valence-electron chi connectivity index (χ4n) is 1.68. The van der Waals surface area contributed by atoms with Crippen LogP contribution in [0.4, 0.5) is 5.69 Å². The van der Waals surface area contributed by atoms with E-state index in [9.17, 15) is 4.79 Å². The van der Waals surface area contributed by atoms with Gasteiger partial charge in [0.1, 0.15) is 5.69 Å². The van der Waals surface area contributed by atoms with E-state index in [0.717, 1.165) is 21.2 Å². The Bertz CT molecular complexity index is 578. The maximum atomic E-state index is 12.2. The molecule has 2 aromatic rings. The highest BCUT2D eigenvalue weighted by molar-refractivity contribution is 9.10. The van der Waals surface area contributed by atoms with Crippen molar-refractivity contribution in [2.24, 2.45) is 0 Å². The third-order valence-electron chi connectivity index (χ3n) is 2.56. The first-order valence-corrected chi connectivity index (χ1v) is 7.12. The summed E-state index contributed by atoms with van der Waals surface area (Å²) in [4.78, 5) is 12.2. The quantitative estimate of drug-likeness (QED) is 0.858. The van der Waals surface area contributed by atoms with Crippen molar-refractivity contribution in [1.29, 1.82) is 0 Å². The Balaban J connectivity index is 2.25. The lowest BCUT2D eigenvalue weighted by molar-refractivity contribution is 0.101. The van der Waals surface area contributed by atoms with Crippen molar-refractivity contribution in [3.63, 3.8) is 0 Å². The fourth-order valence-corrected chi connectivity index (χ4v) is 2.52. The van der Waals surface area contributed by atoms with Gasteiger partial charge in [-0.25, -0.2) is 0 Å². The van der Waals surface area contributed by atoms with Gasteiger partial charge in [-0.3, -0.25) is 4.79 Å². The lowest BCUT2D eigenvalue weighted by atomic mass is 10.3. The molecule has 0 spiro atoms. The van der Waals surface area contributed by atoms with Gasteiger partial charge in [0, 0.05) is 21.7 Å². The van der Waals surface area contributed by atoms with Crippen LogP contribution in [0.5, 0.6) is 0 Å². The molecule has 94 valence electrons. The standard InChI is InChI=1S/C13H12Br2N2O/c1-2-17-8-9(14)7-12(17)13(18)16-11-6-4-3-5-10(11)15/h3-8H,2H2,1H3,(H,16,18). The molecule has 5 heteroatoms. The topological polar surface area (TPSA) is 34.0 Å². The molecule has 1 heterocycles. The molecule has 2 rings (SSSR count). The second kappa shape index (κ2) is 5.71. The van der Waals surface area contributed by atoms with Gasteiger partial charge in [-0.2, -0.15) is 0 Å². The van der Waals surface area contributed by atoms with Crippen molar-refractivity contribution in [3.8, 4) is 0 Å². The van der Waals surface area contributed by atoms with Gasteiger partial charge in [-0.1, -0.05) is 12.1 Å². The Morgan fingerprint density at radius 1 is 1.33 bits per heavy atom. The normalized spacial score (nSPS) is 10.4. The number of hydrogen-bond donors (Lipinski definition) is 1. The van der Waals surface area contributed by atoms with Crippen LogP contribution in [-0.4, -0.2) is 10.5 Å². The second-order valence-electron chi connectivity index (χ2n) is 3.76. The zero-order valence-electron chi connectivity index (χ0n) is 9.78. The highest BCUT2D eigenvalue weighted by atomic mass is 79.9. The second-order valence-corrected chi connectivity index (χ2v) is 5.53. The Morgan fingerprint density at radius 3 is 2.72 bits per heavy atom. The molecule has 0 aliphatic heterocycles. The monoisotopic (exact) mass is 370 g/mol. The molecule has 1 N–H and O–H groups in total. The van der Waals surface area contributed by atoms with Gasteiger partial charge in [-0.15, -0.1) is 0 Å². The van der Waals surface area contributed by atoms with E-state index in [0.29, 0.717) is 5.69 Å². The van der Waals surface area contributed by atoms with Crippen LogP contribution in [0.3, 0.4) is 0 Å². The van der Waals surface area contributed by atoms with Crippen LogP contribution in [0, 0.1) is 0 Å². The fraction of sp³-hybridized carbons (Fsp3) is 0.154. The van der Waals surface area contributed by atoms with Crippen molar-refractivity contribution in [2.75, 3.05) is 5.32 Å². The van der Waals surface area contributed by atoms with E-state index < -0.39 is 0 Å². The molecule has 18 heavy (non-hydrogen) atoms.